The fourth-order valence-corrected chi connectivity index (χ4v) is 10.4. The number of carbonyl (C=O) groups is 3. The molecule has 2 N–H and O–H groups in total. The zero-order valence-corrected chi connectivity index (χ0v) is 27.3. The topological polar surface area (TPSA) is 102 Å². The zero-order valence-electron chi connectivity index (χ0n) is 27.3. The van der Waals surface area contributed by atoms with E-state index in [9.17, 15) is 14.4 Å². The van der Waals surface area contributed by atoms with Gasteiger partial charge in [-0.05, 0) is 141 Å². The number of carbonyl (C=O) groups excluding carboxylic acids is 3. The summed E-state index contributed by atoms with van der Waals surface area (Å²) in [4.78, 5) is 36.1. The molecule has 4 aliphatic rings. The number of hydrogen-bond donors (Lipinski definition) is 2. The van der Waals surface area contributed by atoms with Gasteiger partial charge in [-0.15, -0.1) is 0 Å². The summed E-state index contributed by atoms with van der Waals surface area (Å²) in [5, 5.41) is 8.62. The Labute approximate surface area is 264 Å². The Morgan fingerprint density at radius 2 is 1.68 bits per heavy atom. The summed E-state index contributed by atoms with van der Waals surface area (Å²) < 4.78 is 10.5. The molecule has 4 saturated carbocycles. The first-order valence-corrected chi connectivity index (χ1v) is 17.5. The molecular formula is C37H55NO6. The fraction of sp³-hybridized carbons (Fsp3) is 0.757. The molecule has 0 saturated heterocycles. The smallest absolute Gasteiger partial charge is 0.340 e. The van der Waals surface area contributed by atoms with Crippen LogP contribution < -0.4 is 5.48 Å². The molecule has 1 aromatic rings. The molecule has 1 aromatic carbocycles. The summed E-state index contributed by atoms with van der Waals surface area (Å²) in [6.45, 7) is 6.90. The third-order valence-electron chi connectivity index (χ3n) is 12.9. The van der Waals surface area contributed by atoms with Crippen LogP contribution in [0.25, 0.3) is 0 Å². The molecule has 44 heavy (non-hydrogen) atoms. The molecule has 7 heteroatoms. The van der Waals surface area contributed by atoms with Gasteiger partial charge in [0.25, 0.3) is 0 Å². The largest absolute Gasteiger partial charge is 0.428 e. The van der Waals surface area contributed by atoms with E-state index in [1.165, 1.54) is 64.2 Å². The minimum atomic E-state index is -0.520. The Hall–Kier alpha value is -2.41. The zero-order chi connectivity index (χ0) is 31.3. The van der Waals surface area contributed by atoms with Gasteiger partial charge in [0.05, 0.1) is 5.56 Å². The maximum atomic E-state index is 12.5. The van der Waals surface area contributed by atoms with Gasteiger partial charge >= 0.3 is 11.9 Å². The van der Waals surface area contributed by atoms with Crippen LogP contribution in [0.2, 0.25) is 0 Å². The summed E-state index contributed by atoms with van der Waals surface area (Å²) in [6.07, 6.45) is 18.1. The number of ether oxygens (including phenoxy) is 2. The second-order valence-corrected chi connectivity index (χ2v) is 15.3. The standard InChI is InChI=1S/C37H55NO6/c1-25(10-19-33(39)38-42)23-26-11-13-27(14-12-26)35(41)44-24-43-34(40)9-6-8-29-16-18-31-30-17-15-28-7-4-5-21-36(28,2)32(30)20-22-37(29,31)3/h11-14,25,28-32,42H,4-10,15-24H2,1-3H3,(H,38,39). The van der Waals surface area contributed by atoms with Crippen molar-refractivity contribution >= 4 is 17.8 Å². The van der Waals surface area contributed by atoms with E-state index in [1.807, 2.05) is 19.1 Å². The molecule has 8 unspecified atom stereocenters. The molecule has 0 aromatic heterocycles. The lowest BCUT2D eigenvalue weighted by Crippen LogP contribution is -2.52. The number of hydroxylamine groups is 1. The maximum Gasteiger partial charge on any atom is 0.340 e. The number of amides is 1. The van der Waals surface area contributed by atoms with Crippen LogP contribution in [0.1, 0.15) is 133 Å². The fourth-order valence-electron chi connectivity index (χ4n) is 10.4. The average Bonchev–Trinajstić information content (AvgIpc) is 3.36. The third-order valence-corrected chi connectivity index (χ3v) is 12.9. The number of rotatable bonds is 12. The first kappa shape index (κ1) is 33.0. The molecule has 244 valence electrons. The van der Waals surface area contributed by atoms with E-state index in [1.54, 1.807) is 17.6 Å². The van der Waals surface area contributed by atoms with Crippen LogP contribution in [0, 0.1) is 46.3 Å². The molecule has 4 fully saturated rings. The van der Waals surface area contributed by atoms with Gasteiger partial charge in [-0.1, -0.05) is 45.7 Å². The summed E-state index contributed by atoms with van der Waals surface area (Å²) in [5.41, 5.74) is 4.11. The lowest BCUT2D eigenvalue weighted by Gasteiger charge is -2.60. The van der Waals surface area contributed by atoms with Crippen LogP contribution in [-0.4, -0.2) is 29.8 Å². The molecule has 5 rings (SSSR count). The number of nitrogens with one attached hydrogen (secondary N) is 1. The first-order chi connectivity index (χ1) is 21.1. The van der Waals surface area contributed by atoms with E-state index in [2.05, 4.69) is 13.8 Å². The summed E-state index contributed by atoms with van der Waals surface area (Å²) >= 11 is 0. The van der Waals surface area contributed by atoms with Gasteiger partial charge < -0.3 is 9.47 Å². The van der Waals surface area contributed by atoms with Crippen LogP contribution in [0.4, 0.5) is 0 Å². The van der Waals surface area contributed by atoms with Crippen LogP contribution in [-0.2, 0) is 25.5 Å². The predicted molar refractivity (Wildman–Crippen MR) is 169 cm³/mol. The normalized spacial score (nSPS) is 33.3. The van der Waals surface area contributed by atoms with Gasteiger partial charge in [-0.2, -0.15) is 0 Å². The predicted octanol–water partition coefficient (Wildman–Crippen LogP) is 8.03. The Balaban J connectivity index is 1.00. The van der Waals surface area contributed by atoms with E-state index in [0.717, 1.165) is 48.5 Å². The lowest BCUT2D eigenvalue weighted by molar-refractivity contribution is -0.152. The lowest BCUT2D eigenvalue weighted by atomic mass is 9.45. The maximum absolute atomic E-state index is 12.5. The second-order valence-electron chi connectivity index (χ2n) is 15.3. The van der Waals surface area contributed by atoms with Gasteiger partial charge in [0.15, 0.2) is 0 Å². The van der Waals surface area contributed by atoms with Gasteiger partial charge in [0, 0.05) is 12.8 Å². The molecule has 4 aliphatic carbocycles. The monoisotopic (exact) mass is 609 g/mol. The highest BCUT2D eigenvalue weighted by atomic mass is 16.7. The first-order valence-electron chi connectivity index (χ1n) is 17.5. The highest BCUT2D eigenvalue weighted by molar-refractivity contribution is 5.89. The van der Waals surface area contributed by atoms with E-state index in [-0.39, 0.29) is 31.0 Å². The van der Waals surface area contributed by atoms with Crippen molar-refractivity contribution in [2.45, 2.75) is 124 Å². The van der Waals surface area contributed by atoms with Gasteiger partial charge in [0.1, 0.15) is 0 Å². The van der Waals surface area contributed by atoms with Crippen molar-refractivity contribution in [1.29, 1.82) is 0 Å². The molecule has 1 amide bonds. The molecule has 7 nitrogen and oxygen atoms in total. The second kappa shape index (κ2) is 14.3. The van der Waals surface area contributed by atoms with Crippen molar-refractivity contribution in [3.05, 3.63) is 35.4 Å². The highest BCUT2D eigenvalue weighted by Crippen LogP contribution is 2.67. The Kier molecular flexibility index (Phi) is 10.7. The number of benzene rings is 1. The van der Waals surface area contributed by atoms with E-state index >= 15 is 0 Å². The molecule has 0 heterocycles. The van der Waals surface area contributed by atoms with Crippen molar-refractivity contribution in [3.8, 4) is 0 Å². The number of esters is 2. The Morgan fingerprint density at radius 3 is 2.45 bits per heavy atom. The van der Waals surface area contributed by atoms with Crippen LogP contribution >= 0.6 is 0 Å². The van der Waals surface area contributed by atoms with Gasteiger partial charge in [-0.25, -0.2) is 10.3 Å². The van der Waals surface area contributed by atoms with Crippen LogP contribution in [0.3, 0.4) is 0 Å². The molecule has 0 bridgehead atoms. The Morgan fingerprint density at radius 1 is 0.909 bits per heavy atom. The van der Waals surface area contributed by atoms with Crippen LogP contribution in [0.5, 0.6) is 0 Å². The van der Waals surface area contributed by atoms with E-state index in [0.29, 0.717) is 35.2 Å². The third kappa shape index (κ3) is 7.18. The molecule has 0 radical (unpaired) electrons. The SMILES string of the molecule is CC(CCC(=O)NO)Cc1ccc(C(=O)OCOC(=O)CCCC2CCC3C4CCC5CCCCC5(C)C4CCC23C)cc1. The van der Waals surface area contributed by atoms with Crippen molar-refractivity contribution in [2.24, 2.45) is 46.3 Å². The summed E-state index contributed by atoms with van der Waals surface area (Å²) in [6, 6.07) is 7.15. The molecule has 0 aliphatic heterocycles. The van der Waals surface area contributed by atoms with Crippen molar-refractivity contribution in [2.75, 3.05) is 6.79 Å². The minimum Gasteiger partial charge on any atom is -0.428 e. The van der Waals surface area contributed by atoms with E-state index < -0.39 is 5.97 Å². The summed E-state index contributed by atoms with van der Waals surface area (Å²) in [7, 11) is 0. The van der Waals surface area contributed by atoms with Crippen LogP contribution in [0.15, 0.2) is 24.3 Å². The number of hydrogen-bond acceptors (Lipinski definition) is 6. The van der Waals surface area contributed by atoms with Gasteiger partial charge in [-0.3, -0.25) is 14.8 Å². The van der Waals surface area contributed by atoms with E-state index in [4.69, 9.17) is 14.7 Å². The van der Waals surface area contributed by atoms with Crippen molar-refractivity contribution in [3.63, 3.8) is 0 Å². The minimum absolute atomic E-state index is 0.252. The average molecular weight is 610 g/mol. The molecule has 0 spiro atoms. The Bertz CT molecular complexity index is 1150. The van der Waals surface area contributed by atoms with Crippen molar-refractivity contribution < 1.29 is 29.1 Å². The molecule has 8 atom stereocenters. The highest BCUT2D eigenvalue weighted by Gasteiger charge is 2.59. The molecular weight excluding hydrogens is 554 g/mol. The van der Waals surface area contributed by atoms with Crippen molar-refractivity contribution in [1.82, 2.24) is 5.48 Å². The number of fused-ring (bicyclic) bond motifs is 5. The summed E-state index contributed by atoms with van der Waals surface area (Å²) in [5.74, 6) is 3.39. The van der Waals surface area contributed by atoms with Gasteiger partial charge in [0.2, 0.25) is 12.7 Å². The quantitative estimate of drug-likeness (QED) is 0.108.